The molecule has 1 N–H and O–H groups in total. The van der Waals surface area contributed by atoms with Crippen LogP contribution in [0.25, 0.3) is 32.1 Å². The number of benzene rings is 2. The molecule has 0 bridgehead atoms. The van der Waals surface area contributed by atoms with Crippen LogP contribution in [0, 0.1) is 23.0 Å². The first-order valence-corrected chi connectivity index (χ1v) is 13.8. The molecule has 1 aliphatic rings. The summed E-state index contributed by atoms with van der Waals surface area (Å²) < 4.78 is 42.3. The van der Waals surface area contributed by atoms with Crippen molar-refractivity contribution in [3.8, 4) is 23.2 Å². The molecule has 1 atom stereocenters. The molecular formula is C28H26ClF2N5O3S. The molecule has 8 nitrogen and oxygen atoms in total. The smallest absolute Gasteiger partial charge is 0.412 e. The van der Waals surface area contributed by atoms with Gasteiger partial charge in [-0.15, -0.1) is 11.3 Å². The fraction of sp³-hybridized carbons (Fsp3) is 0.357. The van der Waals surface area contributed by atoms with E-state index in [-0.39, 0.29) is 54.4 Å². The minimum atomic E-state index is -0.805. The average Bonchev–Trinajstić information content (AvgIpc) is 3.46. The number of anilines is 1. The third kappa shape index (κ3) is 5.39. The van der Waals surface area contributed by atoms with Crippen LogP contribution in [-0.2, 0) is 4.74 Å². The Morgan fingerprint density at radius 2 is 2.12 bits per heavy atom. The third-order valence-corrected chi connectivity index (χ3v) is 8.02. The maximum absolute atomic E-state index is 16.2. The predicted molar refractivity (Wildman–Crippen MR) is 151 cm³/mol. The van der Waals surface area contributed by atoms with Gasteiger partial charge in [0.25, 0.3) is 0 Å². The summed E-state index contributed by atoms with van der Waals surface area (Å²) in [6, 6.07) is 6.30. The number of amides is 1. The molecule has 40 heavy (non-hydrogen) atoms. The average molecular weight is 586 g/mol. The van der Waals surface area contributed by atoms with Crippen LogP contribution < -0.4 is 10.1 Å². The molecule has 0 unspecified atom stereocenters. The Bertz CT molecular complexity index is 1680. The number of ether oxygens (including phenoxy) is 2. The lowest BCUT2D eigenvalue weighted by atomic mass is 9.97. The number of rotatable bonds is 5. The van der Waals surface area contributed by atoms with Crippen LogP contribution in [0.2, 0.25) is 5.02 Å². The number of aromatic nitrogens is 2. The SMILES string of the molecule is CN1CCC[C@H]1COc1ncc2cc(Cl)c(-c3ccc(F)c4sc(NC(=O)OC(C)(C)C)c(C#N)c34)c(F)c2n1. The molecule has 1 fully saturated rings. The molecule has 0 saturated carbocycles. The van der Waals surface area contributed by atoms with Gasteiger partial charge in [-0.05, 0) is 64.9 Å². The molecular weight excluding hydrogens is 560 g/mol. The lowest BCUT2D eigenvalue weighted by molar-refractivity contribution is 0.0636. The monoisotopic (exact) mass is 585 g/mol. The number of carbonyl (C=O) groups excluding carboxylic acids is 1. The van der Waals surface area contributed by atoms with Crippen LogP contribution in [0.3, 0.4) is 0 Å². The van der Waals surface area contributed by atoms with Crippen molar-refractivity contribution in [1.82, 2.24) is 14.9 Å². The van der Waals surface area contributed by atoms with Crippen LogP contribution in [-0.4, -0.2) is 52.8 Å². The molecule has 1 amide bonds. The van der Waals surface area contributed by atoms with Gasteiger partial charge in [0, 0.05) is 28.6 Å². The van der Waals surface area contributed by atoms with Crippen molar-refractivity contribution in [3.05, 3.63) is 46.6 Å². The van der Waals surface area contributed by atoms with E-state index in [2.05, 4.69) is 20.2 Å². The van der Waals surface area contributed by atoms with Gasteiger partial charge >= 0.3 is 12.1 Å². The number of nitriles is 1. The highest BCUT2D eigenvalue weighted by molar-refractivity contribution is 7.23. The Hall–Kier alpha value is -3.59. The Morgan fingerprint density at radius 1 is 1.35 bits per heavy atom. The summed E-state index contributed by atoms with van der Waals surface area (Å²) in [5.74, 6) is -1.40. The summed E-state index contributed by atoms with van der Waals surface area (Å²) in [5.41, 5.74) is -0.730. The molecule has 2 aromatic heterocycles. The minimum absolute atomic E-state index is 0.0255. The number of fused-ring (bicyclic) bond motifs is 2. The summed E-state index contributed by atoms with van der Waals surface area (Å²) in [6.45, 7) is 6.43. The number of hydrogen-bond donors (Lipinski definition) is 1. The van der Waals surface area contributed by atoms with Gasteiger partial charge in [-0.25, -0.2) is 18.6 Å². The molecule has 0 radical (unpaired) electrons. The van der Waals surface area contributed by atoms with Gasteiger partial charge in [-0.2, -0.15) is 10.2 Å². The Balaban J connectivity index is 1.59. The fourth-order valence-electron chi connectivity index (χ4n) is 4.74. The molecule has 3 heterocycles. The number of thiophene rings is 1. The number of likely N-dealkylation sites (N-methyl/N-ethyl adjacent to an activating group) is 1. The summed E-state index contributed by atoms with van der Waals surface area (Å²) in [5, 5.41) is 13.1. The largest absolute Gasteiger partial charge is 0.462 e. The lowest BCUT2D eigenvalue weighted by Gasteiger charge is -2.19. The Morgan fingerprint density at radius 3 is 2.80 bits per heavy atom. The van der Waals surface area contributed by atoms with Crippen molar-refractivity contribution in [1.29, 1.82) is 5.26 Å². The second kappa shape index (κ2) is 10.8. The van der Waals surface area contributed by atoms with Crippen molar-refractivity contribution in [3.63, 3.8) is 0 Å². The second-order valence-electron chi connectivity index (χ2n) is 10.6. The van der Waals surface area contributed by atoms with E-state index in [1.807, 2.05) is 13.1 Å². The quantitative estimate of drug-likeness (QED) is 0.266. The highest BCUT2D eigenvalue weighted by Crippen LogP contribution is 2.45. The molecule has 12 heteroatoms. The number of halogens is 3. The summed E-state index contributed by atoms with van der Waals surface area (Å²) in [7, 11) is 2.02. The predicted octanol–water partition coefficient (Wildman–Crippen LogP) is 7.13. The van der Waals surface area contributed by atoms with Gasteiger partial charge in [0.15, 0.2) is 5.82 Å². The highest BCUT2D eigenvalue weighted by Gasteiger charge is 2.26. The molecule has 0 spiro atoms. The van der Waals surface area contributed by atoms with E-state index >= 15 is 4.39 Å². The number of nitrogens with zero attached hydrogens (tertiary/aromatic N) is 4. The number of hydrogen-bond acceptors (Lipinski definition) is 8. The van der Waals surface area contributed by atoms with Gasteiger partial charge < -0.3 is 14.4 Å². The summed E-state index contributed by atoms with van der Waals surface area (Å²) >= 11 is 7.40. The maximum atomic E-state index is 16.2. The third-order valence-electron chi connectivity index (χ3n) is 6.61. The van der Waals surface area contributed by atoms with Gasteiger partial charge in [0.2, 0.25) is 0 Å². The van der Waals surface area contributed by atoms with Crippen molar-refractivity contribution in [2.24, 2.45) is 0 Å². The van der Waals surface area contributed by atoms with Crippen molar-refractivity contribution >= 4 is 55.0 Å². The molecule has 2 aromatic carbocycles. The zero-order valence-electron chi connectivity index (χ0n) is 22.3. The summed E-state index contributed by atoms with van der Waals surface area (Å²) in [4.78, 5) is 23.1. The van der Waals surface area contributed by atoms with E-state index in [0.717, 1.165) is 30.7 Å². The molecule has 5 rings (SSSR count). The number of nitrogens with one attached hydrogen (secondary N) is 1. The topological polar surface area (TPSA) is 100 Å². The van der Waals surface area contributed by atoms with E-state index in [0.29, 0.717) is 12.0 Å². The van der Waals surface area contributed by atoms with E-state index < -0.39 is 23.3 Å². The molecule has 1 saturated heterocycles. The normalized spacial score (nSPS) is 15.9. The van der Waals surface area contributed by atoms with Crippen LogP contribution >= 0.6 is 22.9 Å². The Labute approximate surface area is 238 Å². The first-order chi connectivity index (χ1) is 19.0. The molecule has 0 aliphatic carbocycles. The van der Waals surface area contributed by atoms with E-state index in [1.54, 1.807) is 20.8 Å². The standard InChI is InChI=1S/C28H26ClF2N5O3S/c1-28(2,3)39-27(37)35-25-17(11-32)20-16(7-8-19(30)24(20)40-25)21-18(29)10-14-12-33-26(34-23(14)22(21)31)38-13-15-6-5-9-36(15)4/h7-8,10,12,15H,5-6,9,13H2,1-4H3,(H,35,37)/t15-/m0/s1. The minimum Gasteiger partial charge on any atom is -0.462 e. The van der Waals surface area contributed by atoms with Crippen molar-refractivity contribution in [2.45, 2.75) is 45.3 Å². The molecule has 1 aliphatic heterocycles. The van der Waals surface area contributed by atoms with Gasteiger partial charge in [-0.1, -0.05) is 17.7 Å². The van der Waals surface area contributed by atoms with Crippen LogP contribution in [0.15, 0.2) is 24.4 Å². The Kier molecular flexibility index (Phi) is 7.52. The van der Waals surface area contributed by atoms with Crippen LogP contribution in [0.5, 0.6) is 6.01 Å². The first-order valence-electron chi connectivity index (χ1n) is 12.6. The van der Waals surface area contributed by atoms with Crippen molar-refractivity contribution in [2.75, 3.05) is 25.5 Å². The van der Waals surface area contributed by atoms with Crippen LogP contribution in [0.1, 0.15) is 39.2 Å². The lowest BCUT2D eigenvalue weighted by Crippen LogP contribution is -2.30. The van der Waals surface area contributed by atoms with E-state index in [1.165, 1.54) is 24.4 Å². The summed E-state index contributed by atoms with van der Waals surface area (Å²) in [6.07, 6.45) is 2.70. The van der Waals surface area contributed by atoms with Crippen LogP contribution in [0.4, 0.5) is 18.6 Å². The van der Waals surface area contributed by atoms with Gasteiger partial charge in [0.1, 0.15) is 34.6 Å². The van der Waals surface area contributed by atoms with Crippen molar-refractivity contribution < 1.29 is 23.0 Å². The first kappa shape index (κ1) is 28.0. The van der Waals surface area contributed by atoms with E-state index in [4.69, 9.17) is 21.1 Å². The number of likely N-dealkylation sites (tertiary alicyclic amines) is 1. The number of carbonyl (C=O) groups is 1. The zero-order valence-corrected chi connectivity index (χ0v) is 23.8. The van der Waals surface area contributed by atoms with E-state index in [9.17, 15) is 14.4 Å². The molecule has 4 aromatic rings. The maximum Gasteiger partial charge on any atom is 0.412 e. The fourth-order valence-corrected chi connectivity index (χ4v) is 6.11. The highest BCUT2D eigenvalue weighted by atomic mass is 35.5. The van der Waals surface area contributed by atoms with Gasteiger partial charge in [0.05, 0.1) is 15.3 Å². The van der Waals surface area contributed by atoms with Gasteiger partial charge in [-0.3, -0.25) is 5.32 Å². The second-order valence-corrected chi connectivity index (χ2v) is 12.0. The molecule has 208 valence electrons. The zero-order chi connectivity index (χ0) is 28.8.